The first-order valence-corrected chi connectivity index (χ1v) is 6.02. The predicted molar refractivity (Wildman–Crippen MR) is 61.1 cm³/mol. The molecular weight excluding hydrogens is 204 g/mol. The zero-order valence-corrected chi connectivity index (χ0v) is 9.99. The predicted octanol–water partition coefficient (Wildman–Crippen LogP) is 1.03. The van der Waals surface area contributed by atoms with Crippen molar-refractivity contribution in [2.45, 2.75) is 44.7 Å². The van der Waals surface area contributed by atoms with Crippen molar-refractivity contribution < 1.29 is 4.52 Å². The number of piperidine rings is 1. The Morgan fingerprint density at radius 3 is 3.12 bits per heavy atom. The van der Waals surface area contributed by atoms with Crippen LogP contribution in [0.1, 0.15) is 43.9 Å². The van der Waals surface area contributed by atoms with Gasteiger partial charge in [0.05, 0.1) is 6.04 Å². The molecular formula is C11H20N4O. The quantitative estimate of drug-likeness (QED) is 0.800. The summed E-state index contributed by atoms with van der Waals surface area (Å²) in [7, 11) is 1.94. The van der Waals surface area contributed by atoms with Crippen LogP contribution in [0.15, 0.2) is 4.52 Å². The molecule has 5 heteroatoms. The lowest BCUT2D eigenvalue weighted by atomic mass is 10.1. The lowest BCUT2D eigenvalue weighted by Gasteiger charge is -2.19. The number of likely N-dealkylation sites (N-methyl/N-ethyl adjacent to an activating group) is 1. The first-order valence-electron chi connectivity index (χ1n) is 6.02. The van der Waals surface area contributed by atoms with Crippen LogP contribution in [0, 0.1) is 0 Å². The highest BCUT2D eigenvalue weighted by atomic mass is 16.5. The van der Waals surface area contributed by atoms with Gasteiger partial charge in [-0.05, 0) is 33.4 Å². The molecule has 0 bridgehead atoms. The molecule has 0 aromatic carbocycles. The van der Waals surface area contributed by atoms with Gasteiger partial charge in [-0.25, -0.2) is 0 Å². The zero-order valence-electron chi connectivity index (χ0n) is 9.99. The molecule has 0 radical (unpaired) electrons. The minimum absolute atomic E-state index is 0.264. The molecule has 16 heavy (non-hydrogen) atoms. The van der Waals surface area contributed by atoms with Gasteiger partial charge in [-0.2, -0.15) is 4.98 Å². The number of nitrogens with zero attached hydrogens (tertiary/aromatic N) is 2. The highest BCUT2D eigenvalue weighted by molar-refractivity contribution is 4.95. The van der Waals surface area contributed by atoms with E-state index in [1.807, 2.05) is 7.05 Å². The minimum Gasteiger partial charge on any atom is -0.338 e. The number of rotatable bonds is 4. The third-order valence-corrected chi connectivity index (χ3v) is 3.07. The third kappa shape index (κ3) is 2.80. The van der Waals surface area contributed by atoms with Crippen LogP contribution in [0.4, 0.5) is 0 Å². The molecule has 2 unspecified atom stereocenters. The molecule has 5 nitrogen and oxygen atoms in total. The largest absolute Gasteiger partial charge is 0.338 e. The van der Waals surface area contributed by atoms with Gasteiger partial charge in [0.1, 0.15) is 0 Å². The summed E-state index contributed by atoms with van der Waals surface area (Å²) in [5, 5.41) is 10.6. The third-order valence-electron chi connectivity index (χ3n) is 3.07. The maximum absolute atomic E-state index is 5.30. The Morgan fingerprint density at radius 2 is 2.44 bits per heavy atom. The molecule has 1 aliphatic heterocycles. The summed E-state index contributed by atoms with van der Waals surface area (Å²) >= 11 is 0. The molecule has 1 aliphatic rings. The normalized spacial score (nSPS) is 23.2. The van der Waals surface area contributed by atoms with Gasteiger partial charge in [0.15, 0.2) is 5.82 Å². The highest BCUT2D eigenvalue weighted by Crippen LogP contribution is 2.21. The van der Waals surface area contributed by atoms with Crippen molar-refractivity contribution in [1.82, 2.24) is 20.8 Å². The van der Waals surface area contributed by atoms with Gasteiger partial charge in [0.2, 0.25) is 5.89 Å². The summed E-state index contributed by atoms with van der Waals surface area (Å²) in [6.45, 7) is 3.16. The molecule has 0 aliphatic carbocycles. The van der Waals surface area contributed by atoms with E-state index in [0.29, 0.717) is 6.04 Å². The van der Waals surface area contributed by atoms with Crippen molar-refractivity contribution in [3.8, 4) is 0 Å². The van der Waals surface area contributed by atoms with Gasteiger partial charge < -0.3 is 15.2 Å². The van der Waals surface area contributed by atoms with Crippen LogP contribution in [0.2, 0.25) is 0 Å². The Balaban J connectivity index is 1.95. The number of hydrogen-bond donors (Lipinski definition) is 2. The van der Waals surface area contributed by atoms with Crippen molar-refractivity contribution in [2.24, 2.45) is 0 Å². The van der Waals surface area contributed by atoms with Crippen LogP contribution in [0.25, 0.3) is 0 Å². The van der Waals surface area contributed by atoms with E-state index in [4.69, 9.17) is 4.52 Å². The second-order valence-corrected chi connectivity index (χ2v) is 4.45. The Hall–Kier alpha value is -0.940. The molecule has 90 valence electrons. The number of aromatic nitrogens is 2. The van der Waals surface area contributed by atoms with Gasteiger partial charge in [-0.3, -0.25) is 0 Å². The van der Waals surface area contributed by atoms with Gasteiger partial charge in [-0.15, -0.1) is 0 Å². The van der Waals surface area contributed by atoms with Crippen molar-refractivity contribution in [1.29, 1.82) is 0 Å². The van der Waals surface area contributed by atoms with Crippen LogP contribution in [0.3, 0.4) is 0 Å². The topological polar surface area (TPSA) is 63.0 Å². The maximum Gasteiger partial charge on any atom is 0.243 e. The van der Waals surface area contributed by atoms with Gasteiger partial charge >= 0.3 is 0 Å². The van der Waals surface area contributed by atoms with E-state index in [-0.39, 0.29) is 6.04 Å². The first-order chi connectivity index (χ1) is 7.79. The standard InChI is InChI=1S/C11H20N4O/c1-8(12-2)7-10-14-11(16-15-10)9-5-3-4-6-13-9/h8-9,12-13H,3-7H2,1-2H3. The van der Waals surface area contributed by atoms with Crippen LogP contribution in [0.5, 0.6) is 0 Å². The fourth-order valence-corrected chi connectivity index (χ4v) is 1.93. The molecule has 2 atom stereocenters. The molecule has 1 fully saturated rings. The van der Waals surface area contributed by atoms with Gasteiger partial charge in [-0.1, -0.05) is 11.6 Å². The Bertz CT molecular complexity index is 320. The Kier molecular flexibility index (Phi) is 3.90. The Labute approximate surface area is 96.0 Å². The zero-order chi connectivity index (χ0) is 11.4. The molecule has 2 heterocycles. The molecule has 0 saturated carbocycles. The van der Waals surface area contributed by atoms with Gasteiger partial charge in [0.25, 0.3) is 0 Å². The van der Waals surface area contributed by atoms with E-state index >= 15 is 0 Å². The average molecular weight is 224 g/mol. The van der Waals surface area contributed by atoms with Crippen LogP contribution >= 0.6 is 0 Å². The summed E-state index contributed by atoms with van der Waals surface area (Å²) in [5.74, 6) is 1.54. The van der Waals surface area contributed by atoms with E-state index in [9.17, 15) is 0 Å². The lowest BCUT2D eigenvalue weighted by molar-refractivity contribution is 0.295. The summed E-state index contributed by atoms with van der Waals surface area (Å²) in [6, 6.07) is 0.643. The molecule has 0 amide bonds. The molecule has 0 spiro atoms. The average Bonchev–Trinajstić information content (AvgIpc) is 2.78. The van der Waals surface area contributed by atoms with Crippen LogP contribution in [-0.2, 0) is 6.42 Å². The second kappa shape index (κ2) is 5.41. The molecule has 1 aromatic rings. The van der Waals surface area contributed by atoms with Crippen LogP contribution < -0.4 is 10.6 Å². The van der Waals surface area contributed by atoms with Crippen molar-refractivity contribution in [3.05, 3.63) is 11.7 Å². The smallest absolute Gasteiger partial charge is 0.243 e. The second-order valence-electron chi connectivity index (χ2n) is 4.45. The fourth-order valence-electron chi connectivity index (χ4n) is 1.93. The van der Waals surface area contributed by atoms with E-state index in [0.717, 1.165) is 31.1 Å². The lowest BCUT2D eigenvalue weighted by Crippen LogP contribution is -2.27. The number of hydrogen-bond acceptors (Lipinski definition) is 5. The SMILES string of the molecule is CNC(C)Cc1noc(C2CCCCN2)n1. The molecule has 2 N–H and O–H groups in total. The number of nitrogens with one attached hydrogen (secondary N) is 2. The summed E-state index contributed by atoms with van der Waals surface area (Å²) in [5.41, 5.74) is 0. The van der Waals surface area contributed by atoms with Crippen molar-refractivity contribution >= 4 is 0 Å². The van der Waals surface area contributed by atoms with Gasteiger partial charge in [0, 0.05) is 12.5 Å². The molecule has 1 aromatic heterocycles. The minimum atomic E-state index is 0.264. The first kappa shape index (κ1) is 11.5. The van der Waals surface area contributed by atoms with E-state index < -0.39 is 0 Å². The van der Waals surface area contributed by atoms with Crippen molar-refractivity contribution in [3.63, 3.8) is 0 Å². The monoisotopic (exact) mass is 224 g/mol. The van der Waals surface area contributed by atoms with E-state index in [1.54, 1.807) is 0 Å². The van der Waals surface area contributed by atoms with Crippen molar-refractivity contribution in [2.75, 3.05) is 13.6 Å². The highest BCUT2D eigenvalue weighted by Gasteiger charge is 2.21. The maximum atomic E-state index is 5.30. The Morgan fingerprint density at radius 1 is 1.56 bits per heavy atom. The summed E-state index contributed by atoms with van der Waals surface area (Å²) in [6.07, 6.45) is 4.40. The van der Waals surface area contributed by atoms with E-state index in [2.05, 4.69) is 27.7 Å². The fraction of sp³-hybridized carbons (Fsp3) is 0.818. The molecule has 1 saturated heterocycles. The van der Waals surface area contributed by atoms with E-state index in [1.165, 1.54) is 12.8 Å². The van der Waals surface area contributed by atoms with Crippen LogP contribution in [-0.4, -0.2) is 29.8 Å². The molecule has 2 rings (SSSR count). The summed E-state index contributed by atoms with van der Waals surface area (Å²) in [4.78, 5) is 4.44. The summed E-state index contributed by atoms with van der Waals surface area (Å²) < 4.78 is 5.30.